The maximum atomic E-state index is 12.2. The zero-order chi connectivity index (χ0) is 13.8. The largest absolute Gasteiger partial charge is 0.496 e. The van der Waals surface area contributed by atoms with E-state index < -0.39 is 12.0 Å². The van der Waals surface area contributed by atoms with Crippen molar-refractivity contribution in [3.63, 3.8) is 0 Å². The Morgan fingerprint density at radius 2 is 2.16 bits per heavy atom. The number of carbonyl (C=O) groups excluding carboxylic acids is 1. The number of benzene rings is 1. The average Bonchev–Trinajstić information content (AvgIpc) is 2.88. The van der Waals surface area contributed by atoms with E-state index in [2.05, 4.69) is 0 Å². The van der Waals surface area contributed by atoms with E-state index in [0.717, 1.165) is 12.0 Å². The fourth-order valence-corrected chi connectivity index (χ4v) is 2.44. The van der Waals surface area contributed by atoms with Gasteiger partial charge in [-0.05, 0) is 18.9 Å². The molecule has 1 aliphatic rings. The van der Waals surface area contributed by atoms with Crippen LogP contribution in [0, 0.1) is 0 Å². The number of carbonyl (C=O) groups is 2. The average molecular weight is 263 g/mol. The molecule has 1 atom stereocenters. The van der Waals surface area contributed by atoms with Crippen LogP contribution >= 0.6 is 0 Å². The Balaban J connectivity index is 2.10. The summed E-state index contributed by atoms with van der Waals surface area (Å²) in [6.07, 6.45) is 1.45. The molecule has 2 rings (SSSR count). The van der Waals surface area contributed by atoms with Crippen molar-refractivity contribution in [2.24, 2.45) is 0 Å². The number of para-hydroxylation sites is 1. The summed E-state index contributed by atoms with van der Waals surface area (Å²) in [5, 5.41) is 9.08. The molecule has 1 aromatic rings. The Kier molecular flexibility index (Phi) is 4.04. The highest BCUT2D eigenvalue weighted by atomic mass is 16.5. The molecule has 1 aliphatic heterocycles. The zero-order valence-corrected chi connectivity index (χ0v) is 10.8. The van der Waals surface area contributed by atoms with Crippen molar-refractivity contribution in [2.45, 2.75) is 25.3 Å². The van der Waals surface area contributed by atoms with Gasteiger partial charge in [-0.3, -0.25) is 4.79 Å². The van der Waals surface area contributed by atoms with E-state index in [9.17, 15) is 9.59 Å². The number of nitrogens with zero attached hydrogens (tertiary/aromatic N) is 1. The lowest BCUT2D eigenvalue weighted by molar-refractivity contribution is -0.148. The summed E-state index contributed by atoms with van der Waals surface area (Å²) in [5.74, 6) is -0.429. The van der Waals surface area contributed by atoms with Crippen LogP contribution < -0.4 is 4.74 Å². The molecule has 0 saturated carbocycles. The molecule has 5 heteroatoms. The van der Waals surface area contributed by atoms with E-state index in [-0.39, 0.29) is 12.3 Å². The molecule has 1 fully saturated rings. The first-order valence-electron chi connectivity index (χ1n) is 6.27. The number of aliphatic carboxylic acids is 1. The number of carboxylic acid groups (broad SMARTS) is 1. The number of hydrogen-bond donors (Lipinski definition) is 1. The van der Waals surface area contributed by atoms with E-state index in [4.69, 9.17) is 9.84 Å². The van der Waals surface area contributed by atoms with Gasteiger partial charge < -0.3 is 14.7 Å². The first-order valence-corrected chi connectivity index (χ1v) is 6.27. The molecule has 19 heavy (non-hydrogen) atoms. The smallest absolute Gasteiger partial charge is 0.326 e. The normalized spacial score (nSPS) is 18.4. The van der Waals surface area contributed by atoms with Gasteiger partial charge >= 0.3 is 5.97 Å². The SMILES string of the molecule is COc1ccccc1CC(=O)N1CCC[C@H]1C(=O)O. The highest BCUT2D eigenvalue weighted by Gasteiger charge is 2.33. The Morgan fingerprint density at radius 1 is 1.42 bits per heavy atom. The number of likely N-dealkylation sites (tertiary alicyclic amines) is 1. The van der Waals surface area contributed by atoms with Gasteiger partial charge in [0.25, 0.3) is 0 Å². The fourth-order valence-electron chi connectivity index (χ4n) is 2.44. The summed E-state index contributed by atoms with van der Waals surface area (Å²) < 4.78 is 5.20. The summed E-state index contributed by atoms with van der Waals surface area (Å²) in [4.78, 5) is 24.7. The van der Waals surface area contributed by atoms with Crippen LogP contribution in [0.25, 0.3) is 0 Å². The molecular formula is C14H17NO4. The van der Waals surface area contributed by atoms with E-state index in [0.29, 0.717) is 18.7 Å². The molecule has 0 radical (unpaired) electrons. The molecule has 1 heterocycles. The standard InChI is InChI=1S/C14H17NO4/c1-19-12-7-3-2-5-10(12)9-13(16)15-8-4-6-11(15)14(17)18/h2-3,5,7,11H,4,6,8-9H2,1H3,(H,17,18)/t11-/m0/s1. The van der Waals surface area contributed by atoms with Crippen LogP contribution in [0.5, 0.6) is 5.75 Å². The number of rotatable bonds is 4. The molecule has 102 valence electrons. The minimum Gasteiger partial charge on any atom is -0.496 e. The second-order valence-corrected chi connectivity index (χ2v) is 4.57. The van der Waals surface area contributed by atoms with Crippen LogP contribution in [-0.2, 0) is 16.0 Å². The van der Waals surface area contributed by atoms with Gasteiger partial charge in [-0.15, -0.1) is 0 Å². The van der Waals surface area contributed by atoms with Crippen molar-refractivity contribution in [3.05, 3.63) is 29.8 Å². The molecule has 1 amide bonds. The third kappa shape index (κ3) is 2.86. The maximum Gasteiger partial charge on any atom is 0.326 e. The summed E-state index contributed by atoms with van der Waals surface area (Å²) in [7, 11) is 1.55. The second kappa shape index (κ2) is 5.73. The molecule has 0 spiro atoms. The summed E-state index contributed by atoms with van der Waals surface area (Å²) >= 11 is 0. The summed E-state index contributed by atoms with van der Waals surface area (Å²) in [5.41, 5.74) is 0.783. The van der Waals surface area contributed by atoms with Gasteiger partial charge in [-0.2, -0.15) is 0 Å². The molecule has 1 aromatic carbocycles. The highest BCUT2D eigenvalue weighted by molar-refractivity contribution is 5.85. The van der Waals surface area contributed by atoms with Crippen LogP contribution in [0.1, 0.15) is 18.4 Å². The van der Waals surface area contributed by atoms with Crippen LogP contribution in [0.15, 0.2) is 24.3 Å². The van der Waals surface area contributed by atoms with Crippen LogP contribution in [0.4, 0.5) is 0 Å². The lowest BCUT2D eigenvalue weighted by Crippen LogP contribution is -2.41. The van der Waals surface area contributed by atoms with Gasteiger partial charge in [0.2, 0.25) is 5.91 Å². The zero-order valence-electron chi connectivity index (χ0n) is 10.8. The molecule has 0 aliphatic carbocycles. The Bertz CT molecular complexity index is 486. The van der Waals surface area contributed by atoms with Gasteiger partial charge in [0.05, 0.1) is 13.5 Å². The van der Waals surface area contributed by atoms with Crippen molar-refractivity contribution < 1.29 is 19.4 Å². The monoisotopic (exact) mass is 263 g/mol. The molecule has 0 aromatic heterocycles. The third-order valence-corrected chi connectivity index (χ3v) is 3.39. The first-order chi connectivity index (χ1) is 9.13. The van der Waals surface area contributed by atoms with Gasteiger partial charge in [0.1, 0.15) is 11.8 Å². The predicted octanol–water partition coefficient (Wildman–Crippen LogP) is 1.31. The highest BCUT2D eigenvalue weighted by Crippen LogP contribution is 2.22. The van der Waals surface area contributed by atoms with Crippen molar-refractivity contribution in [3.8, 4) is 5.75 Å². The number of ether oxygens (including phenoxy) is 1. The van der Waals surface area contributed by atoms with Crippen molar-refractivity contribution in [1.29, 1.82) is 0 Å². The summed E-state index contributed by atoms with van der Waals surface area (Å²) in [6.45, 7) is 0.519. The molecular weight excluding hydrogens is 246 g/mol. The second-order valence-electron chi connectivity index (χ2n) is 4.57. The van der Waals surface area contributed by atoms with E-state index >= 15 is 0 Å². The topological polar surface area (TPSA) is 66.8 Å². The van der Waals surface area contributed by atoms with Crippen LogP contribution in [-0.4, -0.2) is 41.6 Å². The number of carboxylic acids is 1. The Hall–Kier alpha value is -2.04. The molecule has 1 N–H and O–H groups in total. The van der Waals surface area contributed by atoms with E-state index in [1.165, 1.54) is 4.90 Å². The summed E-state index contributed by atoms with van der Waals surface area (Å²) in [6, 6.07) is 6.61. The van der Waals surface area contributed by atoms with Gasteiger partial charge in [-0.25, -0.2) is 4.79 Å². The van der Waals surface area contributed by atoms with E-state index in [1.54, 1.807) is 13.2 Å². The molecule has 5 nitrogen and oxygen atoms in total. The Labute approximate surface area is 111 Å². The molecule has 0 bridgehead atoms. The van der Waals surface area contributed by atoms with Crippen LogP contribution in [0.3, 0.4) is 0 Å². The number of amides is 1. The predicted molar refractivity (Wildman–Crippen MR) is 69.1 cm³/mol. The first kappa shape index (κ1) is 13.4. The molecule has 0 unspecified atom stereocenters. The quantitative estimate of drug-likeness (QED) is 0.889. The number of hydrogen-bond acceptors (Lipinski definition) is 3. The third-order valence-electron chi connectivity index (χ3n) is 3.39. The van der Waals surface area contributed by atoms with Gasteiger partial charge in [-0.1, -0.05) is 18.2 Å². The van der Waals surface area contributed by atoms with E-state index in [1.807, 2.05) is 18.2 Å². The number of methoxy groups -OCH3 is 1. The minimum atomic E-state index is -0.925. The lowest BCUT2D eigenvalue weighted by atomic mass is 10.1. The van der Waals surface area contributed by atoms with Gasteiger partial charge in [0.15, 0.2) is 0 Å². The van der Waals surface area contributed by atoms with Gasteiger partial charge in [0, 0.05) is 12.1 Å². The fraction of sp³-hybridized carbons (Fsp3) is 0.429. The van der Waals surface area contributed by atoms with Crippen LogP contribution in [0.2, 0.25) is 0 Å². The lowest BCUT2D eigenvalue weighted by Gasteiger charge is -2.21. The van der Waals surface area contributed by atoms with Crippen molar-refractivity contribution in [2.75, 3.05) is 13.7 Å². The van der Waals surface area contributed by atoms with Crippen molar-refractivity contribution in [1.82, 2.24) is 4.90 Å². The molecule has 1 saturated heterocycles. The Morgan fingerprint density at radius 3 is 2.84 bits per heavy atom. The minimum absolute atomic E-state index is 0.158. The maximum absolute atomic E-state index is 12.2. The van der Waals surface area contributed by atoms with Crippen molar-refractivity contribution >= 4 is 11.9 Å².